The standard InChI is InChI=1S/C42H38N2/c1-31-11-21-37(22-12-31)43(38-23-13-32(2)14-24-38)41-9-5-7-35(29-41)19-20-36-8-6-10-42(30-36)44(39-25-15-33(3)16-26-39)40-27-17-34(4)18-28-40/h5-30H,1-4H3. The zero-order valence-electron chi connectivity index (χ0n) is 25.9. The average molecular weight is 571 g/mol. The van der Waals surface area contributed by atoms with Crippen LogP contribution in [0.4, 0.5) is 34.1 Å². The maximum Gasteiger partial charge on any atom is 0.0467 e. The van der Waals surface area contributed by atoms with Gasteiger partial charge in [-0.15, -0.1) is 0 Å². The molecular formula is C42H38N2. The zero-order chi connectivity index (χ0) is 30.5. The summed E-state index contributed by atoms with van der Waals surface area (Å²) in [4.78, 5) is 4.63. The molecule has 6 aromatic carbocycles. The van der Waals surface area contributed by atoms with Crippen LogP contribution in [-0.4, -0.2) is 0 Å². The fourth-order valence-corrected chi connectivity index (χ4v) is 5.40. The molecule has 0 spiro atoms. The Morgan fingerprint density at radius 1 is 0.318 bits per heavy atom. The third kappa shape index (κ3) is 6.66. The molecule has 0 aliphatic heterocycles. The molecule has 0 fully saturated rings. The first-order chi connectivity index (χ1) is 21.4. The number of hydrogen-bond donors (Lipinski definition) is 0. The number of hydrogen-bond acceptors (Lipinski definition) is 2. The van der Waals surface area contributed by atoms with Gasteiger partial charge in [-0.05, 0) is 112 Å². The second-order valence-corrected chi connectivity index (χ2v) is 11.5. The molecule has 0 amide bonds. The molecule has 2 nitrogen and oxygen atoms in total. The fraction of sp³-hybridized carbons (Fsp3) is 0.0952. The first kappa shape index (κ1) is 28.8. The Hall–Kier alpha value is -5.34. The van der Waals surface area contributed by atoms with Gasteiger partial charge in [-0.2, -0.15) is 0 Å². The molecule has 6 aromatic rings. The molecule has 6 rings (SSSR count). The molecule has 0 saturated carbocycles. The van der Waals surface area contributed by atoms with Crippen LogP contribution < -0.4 is 9.80 Å². The fourth-order valence-electron chi connectivity index (χ4n) is 5.40. The van der Waals surface area contributed by atoms with Crippen molar-refractivity contribution in [3.05, 3.63) is 179 Å². The van der Waals surface area contributed by atoms with E-state index in [9.17, 15) is 0 Å². The molecule has 0 aliphatic rings. The van der Waals surface area contributed by atoms with E-state index in [1.54, 1.807) is 0 Å². The van der Waals surface area contributed by atoms with E-state index in [0.29, 0.717) is 0 Å². The van der Waals surface area contributed by atoms with Crippen LogP contribution in [0.25, 0.3) is 12.2 Å². The van der Waals surface area contributed by atoms with Gasteiger partial charge in [-0.3, -0.25) is 0 Å². The summed E-state index contributed by atoms with van der Waals surface area (Å²) in [5.74, 6) is 0. The lowest BCUT2D eigenvalue weighted by Gasteiger charge is -2.26. The Balaban J connectivity index is 1.33. The highest BCUT2D eigenvalue weighted by molar-refractivity contribution is 5.82. The van der Waals surface area contributed by atoms with Gasteiger partial charge in [0.05, 0.1) is 0 Å². The number of rotatable bonds is 8. The Morgan fingerprint density at radius 3 is 0.864 bits per heavy atom. The van der Waals surface area contributed by atoms with Gasteiger partial charge in [0, 0.05) is 34.1 Å². The van der Waals surface area contributed by atoms with Crippen LogP contribution in [0.15, 0.2) is 146 Å². The average Bonchev–Trinajstić information content (AvgIpc) is 3.04. The number of benzene rings is 6. The molecule has 0 heterocycles. The maximum absolute atomic E-state index is 2.32. The van der Waals surface area contributed by atoms with Gasteiger partial charge in [0.2, 0.25) is 0 Å². The first-order valence-corrected chi connectivity index (χ1v) is 15.2. The van der Waals surface area contributed by atoms with Crippen molar-refractivity contribution in [2.45, 2.75) is 27.7 Å². The lowest BCUT2D eigenvalue weighted by molar-refractivity contribution is 1.27. The van der Waals surface area contributed by atoms with Crippen LogP contribution in [0.5, 0.6) is 0 Å². The summed E-state index contributed by atoms with van der Waals surface area (Å²) in [7, 11) is 0. The molecule has 0 unspecified atom stereocenters. The zero-order valence-corrected chi connectivity index (χ0v) is 25.9. The van der Waals surface area contributed by atoms with E-state index in [1.807, 2.05) is 0 Å². The van der Waals surface area contributed by atoms with Crippen LogP contribution in [0, 0.1) is 27.7 Å². The minimum atomic E-state index is 1.12. The summed E-state index contributed by atoms with van der Waals surface area (Å²) < 4.78 is 0. The molecule has 216 valence electrons. The van der Waals surface area contributed by atoms with Crippen LogP contribution in [0.2, 0.25) is 0 Å². The maximum atomic E-state index is 2.32. The number of nitrogens with zero attached hydrogens (tertiary/aromatic N) is 2. The molecule has 0 radical (unpaired) electrons. The molecule has 2 heteroatoms. The molecule has 0 bridgehead atoms. The minimum absolute atomic E-state index is 1.12. The molecule has 0 aliphatic carbocycles. The van der Waals surface area contributed by atoms with E-state index in [-0.39, 0.29) is 0 Å². The van der Waals surface area contributed by atoms with Gasteiger partial charge < -0.3 is 9.80 Å². The van der Waals surface area contributed by atoms with Crippen molar-refractivity contribution in [1.29, 1.82) is 0 Å². The Morgan fingerprint density at radius 2 is 0.591 bits per heavy atom. The third-order valence-electron chi connectivity index (χ3n) is 7.89. The largest absolute Gasteiger partial charge is 0.310 e. The monoisotopic (exact) mass is 570 g/mol. The SMILES string of the molecule is Cc1ccc(N(c2ccc(C)cc2)c2cccc(C=Cc3cccc(N(c4ccc(C)cc4)c4ccc(C)cc4)c3)c2)cc1. The molecule has 0 atom stereocenters. The highest BCUT2D eigenvalue weighted by atomic mass is 15.1. The summed E-state index contributed by atoms with van der Waals surface area (Å²) in [5.41, 5.74) is 14.1. The third-order valence-corrected chi connectivity index (χ3v) is 7.89. The molecule has 0 N–H and O–H groups in total. The number of aryl methyl sites for hydroxylation is 4. The second-order valence-electron chi connectivity index (χ2n) is 11.5. The van der Waals surface area contributed by atoms with Gasteiger partial charge in [0.15, 0.2) is 0 Å². The molecular weight excluding hydrogens is 532 g/mol. The van der Waals surface area contributed by atoms with Crippen molar-refractivity contribution in [2.75, 3.05) is 9.80 Å². The van der Waals surface area contributed by atoms with Crippen LogP contribution >= 0.6 is 0 Å². The quantitative estimate of drug-likeness (QED) is 0.168. The molecule has 0 saturated heterocycles. The van der Waals surface area contributed by atoms with Crippen LogP contribution in [-0.2, 0) is 0 Å². The van der Waals surface area contributed by atoms with Crippen molar-refractivity contribution in [3.63, 3.8) is 0 Å². The van der Waals surface area contributed by atoms with Gasteiger partial charge in [0.1, 0.15) is 0 Å². The predicted molar refractivity (Wildman–Crippen MR) is 190 cm³/mol. The van der Waals surface area contributed by atoms with Gasteiger partial charge in [0.25, 0.3) is 0 Å². The number of anilines is 6. The van der Waals surface area contributed by atoms with E-state index in [4.69, 9.17) is 0 Å². The van der Waals surface area contributed by atoms with E-state index in [2.05, 4.69) is 195 Å². The first-order valence-electron chi connectivity index (χ1n) is 15.2. The van der Waals surface area contributed by atoms with Crippen molar-refractivity contribution in [2.24, 2.45) is 0 Å². The van der Waals surface area contributed by atoms with Gasteiger partial charge in [-0.25, -0.2) is 0 Å². The summed E-state index contributed by atoms with van der Waals surface area (Å²) in [6, 6.07) is 52.4. The minimum Gasteiger partial charge on any atom is -0.310 e. The Bertz CT molecular complexity index is 1630. The normalized spacial score (nSPS) is 11.1. The molecule has 0 aromatic heterocycles. The van der Waals surface area contributed by atoms with Gasteiger partial charge in [-0.1, -0.05) is 107 Å². The van der Waals surface area contributed by atoms with Crippen molar-refractivity contribution in [1.82, 2.24) is 0 Å². The molecule has 44 heavy (non-hydrogen) atoms. The Kier molecular flexibility index (Phi) is 8.43. The van der Waals surface area contributed by atoms with Crippen LogP contribution in [0.3, 0.4) is 0 Å². The highest BCUT2D eigenvalue weighted by Crippen LogP contribution is 2.37. The predicted octanol–water partition coefficient (Wildman–Crippen LogP) is 12.0. The van der Waals surface area contributed by atoms with Crippen molar-refractivity contribution in [3.8, 4) is 0 Å². The van der Waals surface area contributed by atoms with Crippen molar-refractivity contribution < 1.29 is 0 Å². The summed E-state index contributed by atoms with van der Waals surface area (Å²) in [6.07, 6.45) is 4.40. The summed E-state index contributed by atoms with van der Waals surface area (Å²) >= 11 is 0. The van der Waals surface area contributed by atoms with E-state index < -0.39 is 0 Å². The Labute approximate surface area is 262 Å². The summed E-state index contributed by atoms with van der Waals surface area (Å²) in [6.45, 7) is 8.50. The van der Waals surface area contributed by atoms with E-state index >= 15 is 0 Å². The lowest BCUT2D eigenvalue weighted by Crippen LogP contribution is -2.10. The summed E-state index contributed by atoms with van der Waals surface area (Å²) in [5, 5.41) is 0. The van der Waals surface area contributed by atoms with E-state index in [0.717, 1.165) is 45.3 Å². The lowest BCUT2D eigenvalue weighted by atomic mass is 10.1. The van der Waals surface area contributed by atoms with E-state index in [1.165, 1.54) is 22.3 Å². The van der Waals surface area contributed by atoms with Crippen LogP contribution in [0.1, 0.15) is 33.4 Å². The van der Waals surface area contributed by atoms with Crippen molar-refractivity contribution >= 4 is 46.3 Å². The second kappa shape index (κ2) is 12.9. The highest BCUT2D eigenvalue weighted by Gasteiger charge is 2.14. The smallest absolute Gasteiger partial charge is 0.0467 e. The van der Waals surface area contributed by atoms with Gasteiger partial charge >= 0.3 is 0 Å². The topological polar surface area (TPSA) is 6.48 Å².